The first kappa shape index (κ1) is 20.0. The van der Waals surface area contributed by atoms with Gasteiger partial charge in [0.05, 0.1) is 12.5 Å². The minimum absolute atomic E-state index is 0. The molecule has 3 rings (SSSR count). The van der Waals surface area contributed by atoms with Crippen molar-refractivity contribution in [2.45, 2.75) is 38.3 Å². The average Bonchev–Trinajstić information content (AvgIpc) is 3.08. The predicted octanol–water partition coefficient (Wildman–Crippen LogP) is 2.12. The molecular formula is C18H25Cl2N3O2. The second-order valence-corrected chi connectivity index (χ2v) is 7.11. The second kappa shape index (κ2) is 8.88. The molecular weight excluding hydrogens is 361 g/mol. The summed E-state index contributed by atoms with van der Waals surface area (Å²) in [6.07, 6.45) is 2.33. The molecule has 1 N–H and O–H groups in total. The maximum Gasteiger partial charge on any atom is 0.239 e. The Morgan fingerprint density at radius 3 is 2.76 bits per heavy atom. The smallest absolute Gasteiger partial charge is 0.239 e. The number of benzene rings is 1. The molecule has 2 heterocycles. The number of rotatable bonds is 3. The van der Waals surface area contributed by atoms with E-state index in [1.165, 1.54) is 0 Å². The lowest BCUT2D eigenvalue weighted by Crippen LogP contribution is -2.58. The normalized spacial score (nSPS) is 23.3. The molecule has 2 amide bonds. The highest BCUT2D eigenvalue weighted by atomic mass is 35.5. The highest BCUT2D eigenvalue weighted by molar-refractivity contribution is 6.30. The fraction of sp³-hybridized carbons (Fsp3) is 0.556. The number of halogens is 2. The zero-order chi connectivity index (χ0) is 17.1. The van der Waals surface area contributed by atoms with Gasteiger partial charge in [0, 0.05) is 30.7 Å². The van der Waals surface area contributed by atoms with E-state index in [4.69, 9.17) is 11.6 Å². The van der Waals surface area contributed by atoms with E-state index in [9.17, 15) is 9.59 Å². The van der Waals surface area contributed by atoms with Crippen molar-refractivity contribution in [2.24, 2.45) is 0 Å². The van der Waals surface area contributed by atoms with Gasteiger partial charge in [-0.3, -0.25) is 9.59 Å². The summed E-state index contributed by atoms with van der Waals surface area (Å²) in [5.74, 6) is 0.275. The van der Waals surface area contributed by atoms with Gasteiger partial charge in [0.1, 0.15) is 0 Å². The first-order chi connectivity index (χ1) is 11.5. The molecule has 5 nitrogen and oxygen atoms in total. The van der Waals surface area contributed by atoms with Gasteiger partial charge in [0.15, 0.2) is 0 Å². The minimum Gasteiger partial charge on any atom is -0.338 e. The van der Waals surface area contributed by atoms with E-state index in [1.807, 2.05) is 34.9 Å². The number of carbonyl (C=O) groups is 2. The summed E-state index contributed by atoms with van der Waals surface area (Å²) in [7, 11) is 0. The summed E-state index contributed by atoms with van der Waals surface area (Å²) in [6, 6.07) is 7.41. The van der Waals surface area contributed by atoms with Crippen LogP contribution in [0.25, 0.3) is 0 Å². The number of amides is 2. The monoisotopic (exact) mass is 385 g/mol. The molecule has 1 aromatic carbocycles. The first-order valence-corrected chi connectivity index (χ1v) is 8.98. The van der Waals surface area contributed by atoms with Crippen molar-refractivity contribution >= 4 is 35.8 Å². The number of hydrogen-bond acceptors (Lipinski definition) is 3. The number of carbonyl (C=O) groups excluding carboxylic acids is 2. The summed E-state index contributed by atoms with van der Waals surface area (Å²) in [4.78, 5) is 28.9. The average molecular weight is 386 g/mol. The standard InChI is InChI=1S/C18H24ClN3O2.ClH/c1-13-12-21(18(24)16-6-3-7-20-16)8-9-22(13)17(23)11-14-4-2-5-15(19)10-14;/h2,4-5,10,13,16,20H,3,6-9,11-12H2,1H3;1H. The van der Waals surface area contributed by atoms with E-state index in [0.29, 0.717) is 31.1 Å². The third-order valence-electron chi connectivity index (χ3n) is 4.86. The van der Waals surface area contributed by atoms with Crippen LogP contribution in [-0.2, 0) is 16.0 Å². The zero-order valence-electron chi connectivity index (χ0n) is 14.4. The Hall–Kier alpha value is -1.30. The molecule has 0 bridgehead atoms. The SMILES string of the molecule is CC1CN(C(=O)C2CCCN2)CCN1C(=O)Cc1cccc(Cl)c1.Cl. The maximum absolute atomic E-state index is 12.6. The van der Waals surface area contributed by atoms with Gasteiger partial charge in [-0.15, -0.1) is 12.4 Å². The van der Waals surface area contributed by atoms with Crippen LogP contribution in [0.3, 0.4) is 0 Å². The van der Waals surface area contributed by atoms with Crippen LogP contribution in [0.1, 0.15) is 25.3 Å². The summed E-state index contributed by atoms with van der Waals surface area (Å²) in [5, 5.41) is 3.90. The van der Waals surface area contributed by atoms with Gasteiger partial charge in [0.25, 0.3) is 0 Å². The third-order valence-corrected chi connectivity index (χ3v) is 5.10. The van der Waals surface area contributed by atoms with Crippen LogP contribution in [0.15, 0.2) is 24.3 Å². The molecule has 2 atom stereocenters. The molecule has 0 spiro atoms. The van der Waals surface area contributed by atoms with E-state index in [1.54, 1.807) is 6.07 Å². The molecule has 2 aliphatic rings. The number of hydrogen-bond donors (Lipinski definition) is 1. The van der Waals surface area contributed by atoms with E-state index in [2.05, 4.69) is 5.32 Å². The molecule has 2 fully saturated rings. The summed E-state index contributed by atoms with van der Waals surface area (Å²) < 4.78 is 0. The van der Waals surface area contributed by atoms with Gasteiger partial charge in [-0.2, -0.15) is 0 Å². The fourth-order valence-corrected chi connectivity index (χ4v) is 3.78. The summed E-state index contributed by atoms with van der Waals surface area (Å²) in [6.45, 7) is 4.75. The van der Waals surface area contributed by atoms with Crippen LogP contribution in [-0.4, -0.2) is 59.9 Å². The number of nitrogens with one attached hydrogen (secondary N) is 1. The largest absolute Gasteiger partial charge is 0.338 e. The van der Waals surface area contributed by atoms with Crippen molar-refractivity contribution in [1.29, 1.82) is 0 Å². The number of nitrogens with zero attached hydrogens (tertiary/aromatic N) is 2. The van der Waals surface area contributed by atoms with Gasteiger partial charge < -0.3 is 15.1 Å². The zero-order valence-corrected chi connectivity index (χ0v) is 16.0. The number of piperazine rings is 1. The van der Waals surface area contributed by atoms with Gasteiger partial charge in [-0.25, -0.2) is 0 Å². The third kappa shape index (κ3) is 4.87. The Balaban J connectivity index is 0.00000225. The van der Waals surface area contributed by atoms with Crippen LogP contribution in [0.5, 0.6) is 0 Å². The Bertz CT molecular complexity index is 620. The lowest BCUT2D eigenvalue weighted by atomic mass is 10.1. The molecule has 0 saturated carbocycles. The van der Waals surface area contributed by atoms with Crippen LogP contribution in [0.2, 0.25) is 5.02 Å². The van der Waals surface area contributed by atoms with Crippen molar-refractivity contribution < 1.29 is 9.59 Å². The molecule has 2 unspecified atom stereocenters. The van der Waals surface area contributed by atoms with E-state index in [0.717, 1.165) is 24.9 Å². The van der Waals surface area contributed by atoms with Gasteiger partial charge in [-0.05, 0) is 44.0 Å². The minimum atomic E-state index is -0.0362. The molecule has 2 saturated heterocycles. The van der Waals surface area contributed by atoms with E-state index in [-0.39, 0.29) is 36.3 Å². The molecule has 7 heteroatoms. The molecule has 0 aromatic heterocycles. The van der Waals surface area contributed by atoms with E-state index >= 15 is 0 Å². The molecule has 0 aliphatic carbocycles. The predicted molar refractivity (Wildman–Crippen MR) is 101 cm³/mol. The van der Waals surface area contributed by atoms with Crippen molar-refractivity contribution in [3.63, 3.8) is 0 Å². The van der Waals surface area contributed by atoms with Crippen LogP contribution in [0.4, 0.5) is 0 Å². The van der Waals surface area contributed by atoms with Crippen LogP contribution >= 0.6 is 24.0 Å². The maximum atomic E-state index is 12.6. The summed E-state index contributed by atoms with van der Waals surface area (Å²) >= 11 is 5.98. The molecule has 1 aromatic rings. The van der Waals surface area contributed by atoms with Crippen molar-refractivity contribution in [2.75, 3.05) is 26.2 Å². The van der Waals surface area contributed by atoms with Crippen LogP contribution < -0.4 is 5.32 Å². The topological polar surface area (TPSA) is 52.7 Å². The second-order valence-electron chi connectivity index (χ2n) is 6.68. The highest BCUT2D eigenvalue weighted by Crippen LogP contribution is 2.17. The van der Waals surface area contributed by atoms with Crippen molar-refractivity contribution in [3.8, 4) is 0 Å². The lowest BCUT2D eigenvalue weighted by molar-refractivity contribution is -0.143. The van der Waals surface area contributed by atoms with Crippen molar-refractivity contribution in [3.05, 3.63) is 34.9 Å². The van der Waals surface area contributed by atoms with Crippen LogP contribution in [0, 0.1) is 0 Å². The molecule has 138 valence electrons. The molecule has 2 aliphatic heterocycles. The Kier molecular flexibility index (Phi) is 7.11. The summed E-state index contributed by atoms with van der Waals surface area (Å²) in [5.41, 5.74) is 0.924. The Morgan fingerprint density at radius 1 is 1.32 bits per heavy atom. The Labute approximate surface area is 160 Å². The van der Waals surface area contributed by atoms with Crippen molar-refractivity contribution in [1.82, 2.24) is 15.1 Å². The quantitative estimate of drug-likeness (QED) is 0.866. The Morgan fingerprint density at radius 2 is 2.12 bits per heavy atom. The first-order valence-electron chi connectivity index (χ1n) is 8.60. The van der Waals surface area contributed by atoms with E-state index < -0.39 is 0 Å². The lowest BCUT2D eigenvalue weighted by Gasteiger charge is -2.40. The molecule has 0 radical (unpaired) electrons. The van der Waals surface area contributed by atoms with Gasteiger partial charge >= 0.3 is 0 Å². The molecule has 25 heavy (non-hydrogen) atoms. The fourth-order valence-electron chi connectivity index (χ4n) is 3.57. The van der Waals surface area contributed by atoms with Gasteiger partial charge in [0.2, 0.25) is 11.8 Å². The highest BCUT2D eigenvalue weighted by Gasteiger charge is 2.33. The van der Waals surface area contributed by atoms with Gasteiger partial charge in [-0.1, -0.05) is 23.7 Å².